The summed E-state index contributed by atoms with van der Waals surface area (Å²) in [7, 11) is 0. The fourth-order valence-electron chi connectivity index (χ4n) is 4.35. The number of aliphatic hydroxyl groups excluding tert-OH is 2. The van der Waals surface area contributed by atoms with Gasteiger partial charge in [-0.25, -0.2) is 14.4 Å². The van der Waals surface area contributed by atoms with Gasteiger partial charge in [-0.05, 0) is 18.1 Å². The highest BCUT2D eigenvalue weighted by Crippen LogP contribution is 2.54. The third-order valence-corrected chi connectivity index (χ3v) is 6.19. The Bertz CT molecular complexity index is 1020. The number of aliphatic hydroxyl groups is 3. The van der Waals surface area contributed by atoms with Gasteiger partial charge in [0.15, 0.2) is 5.78 Å². The van der Waals surface area contributed by atoms with Crippen LogP contribution in [0.2, 0.25) is 0 Å². The van der Waals surface area contributed by atoms with Gasteiger partial charge in [0.1, 0.15) is 12.2 Å². The quantitative estimate of drug-likeness (QED) is 0.234. The van der Waals surface area contributed by atoms with Crippen LogP contribution in [0.5, 0.6) is 0 Å². The van der Waals surface area contributed by atoms with Gasteiger partial charge < -0.3 is 40.1 Å². The Morgan fingerprint density at radius 2 is 1.65 bits per heavy atom. The molecule has 1 aromatic rings. The molecule has 2 bridgehead atoms. The van der Waals surface area contributed by atoms with E-state index in [-0.39, 0.29) is 5.78 Å². The monoisotopic (exact) mass is 480 g/mol. The lowest BCUT2D eigenvalue weighted by atomic mass is 9.74. The maximum absolute atomic E-state index is 12.5. The molecule has 6 N–H and O–H groups in total. The molecule has 12 heteroatoms. The third-order valence-electron chi connectivity index (χ3n) is 6.19. The van der Waals surface area contributed by atoms with E-state index >= 15 is 0 Å². The molecule has 12 nitrogen and oxygen atoms in total. The van der Waals surface area contributed by atoms with Gasteiger partial charge in [-0.3, -0.25) is 4.79 Å². The second-order valence-corrected chi connectivity index (χ2v) is 8.35. The van der Waals surface area contributed by atoms with E-state index in [1.807, 2.05) is 30.3 Å². The van der Waals surface area contributed by atoms with E-state index in [9.17, 15) is 49.8 Å². The zero-order chi connectivity index (χ0) is 25.5. The van der Waals surface area contributed by atoms with Crippen LogP contribution in [0.4, 0.5) is 0 Å². The van der Waals surface area contributed by atoms with Crippen molar-refractivity contribution in [2.45, 2.75) is 55.1 Å². The number of fused-ring (bicyclic) bond motifs is 2. The fraction of sp³-hybridized carbons (Fsp3) is 0.455. The third kappa shape index (κ3) is 3.69. The normalized spacial score (nSPS) is 35.7. The molecule has 0 aliphatic carbocycles. The first-order valence-corrected chi connectivity index (χ1v) is 10.2. The van der Waals surface area contributed by atoms with Crippen molar-refractivity contribution in [3.8, 4) is 0 Å². The molecular formula is C22H24O12. The molecule has 2 aliphatic rings. The van der Waals surface area contributed by atoms with Crippen LogP contribution in [0.1, 0.15) is 18.9 Å². The first-order valence-electron chi connectivity index (χ1n) is 10.2. The van der Waals surface area contributed by atoms with E-state index in [1.165, 1.54) is 0 Å². The number of carbonyl (C=O) groups excluding carboxylic acids is 1. The van der Waals surface area contributed by atoms with Gasteiger partial charge in [0, 0.05) is 12.3 Å². The molecule has 1 aromatic carbocycles. The van der Waals surface area contributed by atoms with Crippen LogP contribution in [0.25, 0.3) is 0 Å². The van der Waals surface area contributed by atoms with E-state index in [0.717, 1.165) is 17.7 Å². The highest BCUT2D eigenvalue weighted by molar-refractivity contribution is 5.97. The molecule has 2 fully saturated rings. The fourth-order valence-corrected chi connectivity index (χ4v) is 4.35. The highest BCUT2D eigenvalue weighted by Gasteiger charge is 2.84. The summed E-state index contributed by atoms with van der Waals surface area (Å²) >= 11 is 0. The maximum Gasteiger partial charge on any atom is 0.343 e. The summed E-state index contributed by atoms with van der Waals surface area (Å²) in [6.45, 7) is 1.67. The Balaban J connectivity index is 1.90. The van der Waals surface area contributed by atoms with Gasteiger partial charge in [-0.15, -0.1) is 0 Å². The predicted octanol–water partition coefficient (Wildman–Crippen LogP) is -1.05. The van der Waals surface area contributed by atoms with E-state index in [0.29, 0.717) is 6.42 Å². The minimum atomic E-state index is -3.80. The van der Waals surface area contributed by atoms with Crippen LogP contribution in [0.3, 0.4) is 0 Å². The molecule has 2 saturated heterocycles. The summed E-state index contributed by atoms with van der Waals surface area (Å²) in [5.41, 5.74) is -6.36. The lowest BCUT2D eigenvalue weighted by molar-refractivity contribution is -0.371. The molecule has 3 rings (SSSR count). The first kappa shape index (κ1) is 25.5. The molecule has 7 unspecified atom stereocenters. The topological polar surface area (TPSA) is 208 Å². The molecule has 34 heavy (non-hydrogen) atoms. The Kier molecular flexibility index (Phi) is 6.66. The Labute approximate surface area is 192 Å². The van der Waals surface area contributed by atoms with Gasteiger partial charge in [0.25, 0.3) is 0 Å². The molecule has 0 spiro atoms. The number of aliphatic carboxylic acids is 3. The van der Waals surface area contributed by atoms with Gasteiger partial charge in [0.05, 0.1) is 0 Å². The number of ketones is 1. The van der Waals surface area contributed by atoms with E-state index in [1.54, 1.807) is 6.92 Å². The molecule has 0 saturated carbocycles. The number of ether oxygens (including phenoxy) is 2. The summed E-state index contributed by atoms with van der Waals surface area (Å²) in [5, 5.41) is 60.3. The van der Waals surface area contributed by atoms with Gasteiger partial charge in [-0.1, -0.05) is 43.3 Å². The average molecular weight is 480 g/mol. The Morgan fingerprint density at radius 3 is 2.18 bits per heavy atom. The van der Waals surface area contributed by atoms with Crippen LogP contribution in [-0.4, -0.2) is 89.6 Å². The van der Waals surface area contributed by atoms with Crippen molar-refractivity contribution in [2.75, 3.05) is 0 Å². The second kappa shape index (κ2) is 8.89. The SMILES string of the molecule is CC(Cc1ccccc1)C(=O)C=CCC12OC(C(=O)O)C(O)(C(=O)O)C(C(=O)O)(O1)C(O)C2O. The number of carboxylic acids is 3. The summed E-state index contributed by atoms with van der Waals surface area (Å²) in [6, 6.07) is 9.14. The standard InChI is InChI=1S/C22H24O12/c1-11(10-12-6-3-2-4-7-12)13(23)8-5-9-20-14(24)15(25)22(34-20,19(30)31)21(32,18(28)29)16(33-20)17(26)27/h2-8,11,14-16,24-25,32H,9-10H2,1H3,(H,26,27)(H,28,29)(H,30,31). The van der Waals surface area contributed by atoms with Crippen LogP contribution in [0.15, 0.2) is 42.5 Å². The lowest BCUT2D eigenvalue weighted by Crippen LogP contribution is -2.77. The smallest absolute Gasteiger partial charge is 0.343 e. The molecule has 0 radical (unpaired) electrons. The maximum atomic E-state index is 12.5. The number of benzene rings is 1. The largest absolute Gasteiger partial charge is 0.479 e. The molecular weight excluding hydrogens is 456 g/mol. The zero-order valence-corrected chi connectivity index (χ0v) is 17.9. The summed E-state index contributed by atoms with van der Waals surface area (Å²) in [5.74, 6) is -10.0. The van der Waals surface area contributed by atoms with Crippen molar-refractivity contribution < 1.29 is 59.3 Å². The summed E-state index contributed by atoms with van der Waals surface area (Å²) in [4.78, 5) is 48.0. The number of rotatable bonds is 9. The molecule has 0 aromatic heterocycles. The van der Waals surface area contributed by atoms with Crippen LogP contribution < -0.4 is 0 Å². The minimum absolute atomic E-state index is 0.356. The number of hydrogen-bond donors (Lipinski definition) is 6. The van der Waals surface area contributed by atoms with Crippen LogP contribution in [-0.2, 0) is 35.1 Å². The predicted molar refractivity (Wildman–Crippen MR) is 109 cm³/mol. The number of carbonyl (C=O) groups is 4. The highest BCUT2D eigenvalue weighted by atomic mass is 16.8. The number of allylic oxidation sites excluding steroid dienone is 1. The van der Waals surface area contributed by atoms with Crippen molar-refractivity contribution in [3.63, 3.8) is 0 Å². The number of carboxylic acid groups (broad SMARTS) is 3. The van der Waals surface area contributed by atoms with E-state index < -0.39 is 65.5 Å². The zero-order valence-electron chi connectivity index (χ0n) is 17.9. The van der Waals surface area contributed by atoms with Gasteiger partial charge in [-0.2, -0.15) is 0 Å². The molecule has 2 aliphatic heterocycles. The van der Waals surface area contributed by atoms with Crippen LogP contribution in [0, 0.1) is 5.92 Å². The summed E-state index contributed by atoms with van der Waals surface area (Å²) < 4.78 is 10.3. The van der Waals surface area contributed by atoms with Crippen molar-refractivity contribution in [3.05, 3.63) is 48.0 Å². The van der Waals surface area contributed by atoms with Crippen molar-refractivity contribution in [1.29, 1.82) is 0 Å². The van der Waals surface area contributed by atoms with Gasteiger partial charge in [0.2, 0.25) is 23.1 Å². The van der Waals surface area contributed by atoms with Crippen molar-refractivity contribution in [1.82, 2.24) is 0 Å². The molecule has 0 amide bonds. The van der Waals surface area contributed by atoms with Crippen molar-refractivity contribution in [2.24, 2.45) is 5.92 Å². The number of hydrogen-bond acceptors (Lipinski definition) is 9. The van der Waals surface area contributed by atoms with E-state index in [4.69, 9.17) is 9.47 Å². The molecule has 184 valence electrons. The Morgan fingerprint density at radius 1 is 1.03 bits per heavy atom. The first-order chi connectivity index (χ1) is 15.8. The lowest BCUT2D eigenvalue weighted by Gasteiger charge is -2.48. The van der Waals surface area contributed by atoms with Crippen molar-refractivity contribution >= 4 is 23.7 Å². The minimum Gasteiger partial charge on any atom is -0.479 e. The van der Waals surface area contributed by atoms with E-state index in [2.05, 4.69) is 0 Å². The van der Waals surface area contributed by atoms with Crippen LogP contribution >= 0.6 is 0 Å². The molecule has 7 atom stereocenters. The second-order valence-electron chi connectivity index (χ2n) is 8.35. The average Bonchev–Trinajstić information content (AvgIpc) is 2.97. The van der Waals surface area contributed by atoms with Gasteiger partial charge >= 0.3 is 17.9 Å². The summed E-state index contributed by atoms with van der Waals surface area (Å²) in [6.07, 6.45) is -5.59. The molecule has 2 heterocycles. The Hall–Kier alpha value is -3.16.